The first kappa shape index (κ1) is 26.0. The standard InChI is InChI=1S/C22H27Cl2N3O4S/c1-5-25-22(29)16(3)26(13-17-9-6-7-10-19(17)24)21(28)14-27(32(4,30)31)20-12-8-11-18(23)15(20)2/h6-12,16H,5,13-14H2,1-4H3,(H,25,29). The molecular formula is C22H27Cl2N3O4S. The second-order valence-electron chi connectivity index (χ2n) is 7.34. The lowest BCUT2D eigenvalue weighted by Crippen LogP contribution is -2.51. The van der Waals surface area contributed by atoms with Crippen molar-refractivity contribution in [3.05, 3.63) is 63.6 Å². The molecule has 2 aromatic rings. The van der Waals surface area contributed by atoms with Crippen LogP contribution in [0.3, 0.4) is 0 Å². The molecule has 174 valence electrons. The van der Waals surface area contributed by atoms with Gasteiger partial charge in [-0.05, 0) is 50.1 Å². The van der Waals surface area contributed by atoms with E-state index in [4.69, 9.17) is 23.2 Å². The number of amides is 2. The van der Waals surface area contributed by atoms with Gasteiger partial charge in [0.15, 0.2) is 0 Å². The van der Waals surface area contributed by atoms with E-state index in [1.807, 2.05) is 0 Å². The van der Waals surface area contributed by atoms with Gasteiger partial charge in [-0.25, -0.2) is 8.42 Å². The van der Waals surface area contributed by atoms with Crippen LogP contribution in [0.15, 0.2) is 42.5 Å². The Balaban J connectivity index is 2.45. The molecule has 0 spiro atoms. The highest BCUT2D eigenvalue weighted by atomic mass is 35.5. The van der Waals surface area contributed by atoms with Gasteiger partial charge in [0.25, 0.3) is 0 Å². The van der Waals surface area contributed by atoms with Gasteiger partial charge in [0, 0.05) is 23.1 Å². The molecule has 0 radical (unpaired) electrons. The number of hydrogen-bond acceptors (Lipinski definition) is 4. The molecule has 0 aromatic heterocycles. The molecule has 0 saturated heterocycles. The summed E-state index contributed by atoms with van der Waals surface area (Å²) in [6.07, 6.45) is 1.02. The number of halogens is 2. The van der Waals surface area contributed by atoms with E-state index in [0.29, 0.717) is 33.4 Å². The smallest absolute Gasteiger partial charge is 0.244 e. The van der Waals surface area contributed by atoms with Gasteiger partial charge in [0.2, 0.25) is 21.8 Å². The molecule has 0 aliphatic carbocycles. The Hall–Kier alpha value is -2.29. The number of carbonyl (C=O) groups excluding carboxylic acids is 2. The van der Waals surface area contributed by atoms with Gasteiger partial charge >= 0.3 is 0 Å². The van der Waals surface area contributed by atoms with Crippen molar-refractivity contribution in [2.75, 3.05) is 23.7 Å². The number of anilines is 1. The number of carbonyl (C=O) groups is 2. The summed E-state index contributed by atoms with van der Waals surface area (Å²) >= 11 is 12.4. The predicted molar refractivity (Wildman–Crippen MR) is 129 cm³/mol. The maximum atomic E-state index is 13.4. The van der Waals surface area contributed by atoms with Crippen LogP contribution in [0.1, 0.15) is 25.0 Å². The third-order valence-corrected chi connectivity index (χ3v) is 6.91. The Bertz CT molecular complexity index is 1090. The molecule has 1 N–H and O–H groups in total. The second-order valence-corrected chi connectivity index (χ2v) is 10.1. The Morgan fingerprint density at radius 2 is 1.69 bits per heavy atom. The lowest BCUT2D eigenvalue weighted by molar-refractivity contribution is -0.139. The predicted octanol–water partition coefficient (Wildman–Crippen LogP) is 3.62. The van der Waals surface area contributed by atoms with Gasteiger partial charge in [-0.2, -0.15) is 0 Å². The normalized spacial score (nSPS) is 12.2. The minimum absolute atomic E-state index is 0.0446. The third-order valence-electron chi connectivity index (χ3n) is 5.00. The SMILES string of the molecule is CCNC(=O)C(C)N(Cc1ccccc1Cl)C(=O)CN(c1cccc(Cl)c1C)S(C)(=O)=O. The number of benzene rings is 2. The maximum Gasteiger partial charge on any atom is 0.244 e. The van der Waals surface area contributed by atoms with Crippen molar-refractivity contribution >= 4 is 50.7 Å². The van der Waals surface area contributed by atoms with Crippen LogP contribution in [0.4, 0.5) is 5.69 Å². The number of rotatable bonds is 9. The average molecular weight is 500 g/mol. The van der Waals surface area contributed by atoms with Gasteiger partial charge < -0.3 is 10.2 Å². The van der Waals surface area contributed by atoms with Gasteiger partial charge in [-0.15, -0.1) is 0 Å². The van der Waals surface area contributed by atoms with Crippen LogP contribution in [0.25, 0.3) is 0 Å². The molecular weight excluding hydrogens is 473 g/mol. The van der Waals surface area contributed by atoms with Crippen molar-refractivity contribution < 1.29 is 18.0 Å². The summed E-state index contributed by atoms with van der Waals surface area (Å²) in [6.45, 7) is 5.00. The molecule has 2 amide bonds. The first-order valence-corrected chi connectivity index (χ1v) is 12.6. The first-order valence-electron chi connectivity index (χ1n) is 10.0. The van der Waals surface area contributed by atoms with Crippen molar-refractivity contribution in [3.8, 4) is 0 Å². The fraction of sp³-hybridized carbons (Fsp3) is 0.364. The van der Waals surface area contributed by atoms with Crippen LogP contribution in [0, 0.1) is 6.92 Å². The molecule has 0 bridgehead atoms. The molecule has 10 heteroatoms. The molecule has 2 rings (SSSR count). The number of nitrogens with zero attached hydrogens (tertiary/aromatic N) is 2. The Labute approximate surface area is 199 Å². The Kier molecular flexibility index (Phi) is 8.95. The lowest BCUT2D eigenvalue weighted by atomic mass is 10.1. The number of hydrogen-bond donors (Lipinski definition) is 1. The Morgan fingerprint density at radius 1 is 1.06 bits per heavy atom. The van der Waals surface area contributed by atoms with E-state index in [2.05, 4.69) is 5.32 Å². The van der Waals surface area contributed by atoms with Crippen molar-refractivity contribution in [3.63, 3.8) is 0 Å². The molecule has 0 aliphatic heterocycles. The van der Waals surface area contributed by atoms with E-state index < -0.39 is 28.5 Å². The van der Waals surface area contributed by atoms with Crippen LogP contribution in [-0.4, -0.2) is 50.5 Å². The van der Waals surface area contributed by atoms with Gasteiger partial charge in [0.1, 0.15) is 12.6 Å². The Morgan fingerprint density at radius 3 is 2.28 bits per heavy atom. The number of likely N-dealkylation sites (N-methyl/N-ethyl adjacent to an activating group) is 1. The molecule has 1 atom stereocenters. The van der Waals surface area contributed by atoms with E-state index in [9.17, 15) is 18.0 Å². The van der Waals surface area contributed by atoms with Gasteiger partial charge in [0.05, 0.1) is 11.9 Å². The highest BCUT2D eigenvalue weighted by Gasteiger charge is 2.30. The van der Waals surface area contributed by atoms with Crippen LogP contribution in [-0.2, 0) is 26.2 Å². The number of nitrogens with one attached hydrogen (secondary N) is 1. The fourth-order valence-electron chi connectivity index (χ4n) is 3.18. The molecule has 0 aliphatic rings. The lowest BCUT2D eigenvalue weighted by Gasteiger charge is -2.32. The topological polar surface area (TPSA) is 86.8 Å². The highest BCUT2D eigenvalue weighted by molar-refractivity contribution is 7.92. The van der Waals surface area contributed by atoms with E-state index in [1.54, 1.807) is 63.2 Å². The number of sulfonamides is 1. The van der Waals surface area contributed by atoms with Crippen LogP contribution < -0.4 is 9.62 Å². The second kappa shape index (κ2) is 11.0. The molecule has 7 nitrogen and oxygen atoms in total. The maximum absolute atomic E-state index is 13.4. The molecule has 0 heterocycles. The summed E-state index contributed by atoms with van der Waals surface area (Å²) in [7, 11) is -3.82. The summed E-state index contributed by atoms with van der Waals surface area (Å²) in [5.41, 5.74) is 1.47. The van der Waals surface area contributed by atoms with E-state index in [0.717, 1.165) is 10.6 Å². The van der Waals surface area contributed by atoms with Crippen molar-refractivity contribution in [1.82, 2.24) is 10.2 Å². The zero-order valence-electron chi connectivity index (χ0n) is 18.4. The minimum atomic E-state index is -3.82. The van der Waals surface area contributed by atoms with Crippen molar-refractivity contribution in [2.45, 2.75) is 33.4 Å². The van der Waals surface area contributed by atoms with Crippen molar-refractivity contribution in [2.24, 2.45) is 0 Å². The molecule has 32 heavy (non-hydrogen) atoms. The summed E-state index contributed by atoms with van der Waals surface area (Å²) in [6, 6.07) is 11.0. The highest BCUT2D eigenvalue weighted by Crippen LogP contribution is 2.28. The molecule has 1 unspecified atom stereocenters. The zero-order valence-corrected chi connectivity index (χ0v) is 20.8. The minimum Gasteiger partial charge on any atom is -0.355 e. The van der Waals surface area contributed by atoms with Crippen LogP contribution >= 0.6 is 23.2 Å². The zero-order chi connectivity index (χ0) is 24.1. The monoisotopic (exact) mass is 499 g/mol. The van der Waals surface area contributed by atoms with E-state index in [1.165, 1.54) is 4.90 Å². The fourth-order valence-corrected chi connectivity index (χ4v) is 4.44. The molecule has 0 saturated carbocycles. The average Bonchev–Trinajstić information content (AvgIpc) is 2.72. The molecule has 0 fully saturated rings. The van der Waals surface area contributed by atoms with Gasteiger partial charge in [-0.3, -0.25) is 13.9 Å². The van der Waals surface area contributed by atoms with E-state index in [-0.39, 0.29) is 12.5 Å². The third kappa shape index (κ3) is 6.37. The summed E-state index contributed by atoms with van der Waals surface area (Å²) < 4.78 is 26.2. The van der Waals surface area contributed by atoms with Crippen LogP contribution in [0.2, 0.25) is 10.0 Å². The van der Waals surface area contributed by atoms with Gasteiger partial charge in [-0.1, -0.05) is 47.5 Å². The first-order chi connectivity index (χ1) is 15.0. The van der Waals surface area contributed by atoms with Crippen LogP contribution in [0.5, 0.6) is 0 Å². The summed E-state index contributed by atoms with van der Waals surface area (Å²) in [5.74, 6) is -0.897. The quantitative estimate of drug-likeness (QED) is 0.570. The summed E-state index contributed by atoms with van der Waals surface area (Å²) in [5, 5.41) is 3.52. The largest absolute Gasteiger partial charge is 0.355 e. The molecule has 2 aromatic carbocycles. The van der Waals surface area contributed by atoms with Crippen molar-refractivity contribution in [1.29, 1.82) is 0 Å². The summed E-state index contributed by atoms with van der Waals surface area (Å²) in [4.78, 5) is 27.3. The van der Waals surface area contributed by atoms with E-state index >= 15 is 0 Å².